The van der Waals surface area contributed by atoms with Crippen molar-refractivity contribution in [2.24, 2.45) is 0 Å². The quantitative estimate of drug-likeness (QED) is 0.721. The fourth-order valence-corrected chi connectivity index (χ4v) is 1.61. The normalized spacial score (nSPS) is 10.8. The molecule has 0 spiro atoms. The fourth-order valence-electron chi connectivity index (χ4n) is 0.809. The van der Waals surface area contributed by atoms with Crippen LogP contribution in [0.3, 0.4) is 0 Å². The third-order valence-electron chi connectivity index (χ3n) is 1.35. The van der Waals surface area contributed by atoms with Crippen molar-refractivity contribution >= 4 is 23.7 Å². The number of carbonyl (C=O) groups excluding carboxylic acids is 1. The van der Waals surface area contributed by atoms with E-state index in [9.17, 15) is 4.79 Å². The monoisotopic (exact) mass is 182 g/mol. The maximum absolute atomic E-state index is 9.97. The Kier molecular flexibility index (Phi) is 3.70. The second-order valence-corrected chi connectivity index (χ2v) is 3.47. The number of aliphatic hydroxyl groups excluding tert-OH is 1. The van der Waals surface area contributed by atoms with Gasteiger partial charge in [-0.3, -0.25) is 0 Å². The molecule has 0 atom stereocenters. The Labute approximate surface area is 75.2 Å². The Morgan fingerprint density at radius 2 is 2.33 bits per heavy atom. The van der Waals surface area contributed by atoms with Gasteiger partial charge < -0.3 is 9.90 Å². The SMILES string of the molecule is O=CCC=Cc1ccc(CO)s1. The predicted octanol–water partition coefficient (Wildman–Crippen LogP) is 1.84. The highest BCUT2D eigenvalue weighted by Crippen LogP contribution is 2.17. The summed E-state index contributed by atoms with van der Waals surface area (Å²) >= 11 is 1.53. The fraction of sp³-hybridized carbons (Fsp3) is 0.222. The van der Waals surface area contributed by atoms with E-state index < -0.39 is 0 Å². The molecule has 0 radical (unpaired) electrons. The molecule has 0 amide bonds. The topological polar surface area (TPSA) is 37.3 Å². The van der Waals surface area contributed by atoms with E-state index in [0.29, 0.717) is 6.42 Å². The zero-order valence-corrected chi connectivity index (χ0v) is 7.38. The highest BCUT2D eigenvalue weighted by atomic mass is 32.1. The summed E-state index contributed by atoms with van der Waals surface area (Å²) in [6, 6.07) is 3.81. The molecule has 0 aliphatic rings. The van der Waals surface area contributed by atoms with Gasteiger partial charge >= 0.3 is 0 Å². The molecule has 0 saturated carbocycles. The van der Waals surface area contributed by atoms with Crippen LogP contribution in [0.5, 0.6) is 0 Å². The van der Waals surface area contributed by atoms with Gasteiger partial charge in [0.05, 0.1) is 6.61 Å². The summed E-state index contributed by atoms with van der Waals surface area (Å²) in [4.78, 5) is 12.0. The zero-order valence-electron chi connectivity index (χ0n) is 6.56. The second kappa shape index (κ2) is 4.85. The molecule has 0 fully saturated rings. The molecular formula is C9H10O2S. The molecule has 1 N–H and O–H groups in total. The first-order valence-electron chi connectivity index (χ1n) is 3.66. The molecular weight excluding hydrogens is 172 g/mol. The summed E-state index contributed by atoms with van der Waals surface area (Å²) in [5, 5.41) is 8.75. The van der Waals surface area contributed by atoms with Gasteiger partial charge in [-0.1, -0.05) is 6.08 Å². The second-order valence-electron chi connectivity index (χ2n) is 2.27. The lowest BCUT2D eigenvalue weighted by Gasteiger charge is -1.83. The van der Waals surface area contributed by atoms with Gasteiger partial charge in [0, 0.05) is 16.2 Å². The molecule has 1 aromatic rings. The minimum absolute atomic E-state index is 0.0895. The van der Waals surface area contributed by atoms with Gasteiger partial charge in [-0.2, -0.15) is 0 Å². The number of thiophene rings is 1. The van der Waals surface area contributed by atoms with Crippen LogP contribution in [0, 0.1) is 0 Å². The number of allylic oxidation sites excluding steroid dienone is 1. The molecule has 1 rings (SSSR count). The molecule has 0 saturated heterocycles. The van der Waals surface area contributed by atoms with E-state index >= 15 is 0 Å². The zero-order chi connectivity index (χ0) is 8.81. The Morgan fingerprint density at radius 1 is 1.50 bits per heavy atom. The number of aliphatic hydroxyl groups is 1. The van der Waals surface area contributed by atoms with E-state index in [2.05, 4.69) is 0 Å². The van der Waals surface area contributed by atoms with Crippen LogP contribution in [-0.4, -0.2) is 11.4 Å². The number of rotatable bonds is 4. The smallest absolute Gasteiger partial charge is 0.123 e. The van der Waals surface area contributed by atoms with Crippen LogP contribution in [-0.2, 0) is 11.4 Å². The Bertz CT molecular complexity index is 276. The Hall–Kier alpha value is -0.930. The summed E-state index contributed by atoms with van der Waals surface area (Å²) in [5.74, 6) is 0. The Morgan fingerprint density at radius 3 is 2.92 bits per heavy atom. The summed E-state index contributed by atoms with van der Waals surface area (Å²) in [7, 11) is 0. The van der Waals surface area contributed by atoms with Gasteiger partial charge in [0.25, 0.3) is 0 Å². The van der Waals surface area contributed by atoms with Crippen molar-refractivity contribution in [2.45, 2.75) is 13.0 Å². The standard InChI is InChI=1S/C9H10O2S/c10-6-2-1-3-8-4-5-9(7-11)12-8/h1,3-6,11H,2,7H2. The van der Waals surface area contributed by atoms with Crippen molar-refractivity contribution in [2.75, 3.05) is 0 Å². The molecule has 1 heterocycles. The van der Waals surface area contributed by atoms with Crippen molar-refractivity contribution in [3.63, 3.8) is 0 Å². The highest BCUT2D eigenvalue weighted by Gasteiger charge is 1.93. The first-order valence-corrected chi connectivity index (χ1v) is 4.48. The Balaban J connectivity index is 2.57. The number of hydrogen-bond donors (Lipinski definition) is 1. The molecule has 0 aliphatic carbocycles. The third kappa shape index (κ3) is 2.60. The van der Waals surface area contributed by atoms with Crippen molar-refractivity contribution < 1.29 is 9.90 Å². The molecule has 64 valence electrons. The van der Waals surface area contributed by atoms with E-state index in [4.69, 9.17) is 5.11 Å². The molecule has 0 aliphatic heterocycles. The van der Waals surface area contributed by atoms with Gasteiger partial charge in [0.1, 0.15) is 6.29 Å². The van der Waals surface area contributed by atoms with E-state index in [1.165, 1.54) is 11.3 Å². The largest absolute Gasteiger partial charge is 0.391 e. The number of aldehydes is 1. The summed E-state index contributed by atoms with van der Waals surface area (Å²) in [5.41, 5.74) is 0. The van der Waals surface area contributed by atoms with Crippen LogP contribution in [0.25, 0.3) is 6.08 Å². The van der Waals surface area contributed by atoms with E-state index in [-0.39, 0.29) is 6.61 Å². The van der Waals surface area contributed by atoms with Gasteiger partial charge in [-0.25, -0.2) is 0 Å². The van der Waals surface area contributed by atoms with Crippen LogP contribution in [0.15, 0.2) is 18.2 Å². The van der Waals surface area contributed by atoms with Crippen LogP contribution in [0.2, 0.25) is 0 Å². The lowest BCUT2D eigenvalue weighted by Crippen LogP contribution is -1.69. The average molecular weight is 182 g/mol. The van der Waals surface area contributed by atoms with Gasteiger partial charge in [-0.05, 0) is 18.2 Å². The number of carbonyl (C=O) groups is 1. The maximum Gasteiger partial charge on any atom is 0.123 e. The van der Waals surface area contributed by atoms with Crippen molar-refractivity contribution in [3.8, 4) is 0 Å². The van der Waals surface area contributed by atoms with Crippen molar-refractivity contribution in [1.29, 1.82) is 0 Å². The predicted molar refractivity (Wildman–Crippen MR) is 50.0 cm³/mol. The number of hydrogen-bond acceptors (Lipinski definition) is 3. The molecule has 0 aromatic carbocycles. The van der Waals surface area contributed by atoms with Crippen LogP contribution < -0.4 is 0 Å². The maximum atomic E-state index is 9.97. The first-order chi connectivity index (χ1) is 5.86. The lowest BCUT2D eigenvalue weighted by atomic mass is 10.3. The molecule has 12 heavy (non-hydrogen) atoms. The summed E-state index contributed by atoms with van der Waals surface area (Å²) < 4.78 is 0. The van der Waals surface area contributed by atoms with Crippen LogP contribution >= 0.6 is 11.3 Å². The average Bonchev–Trinajstić information content (AvgIpc) is 2.53. The summed E-state index contributed by atoms with van der Waals surface area (Å²) in [6.45, 7) is 0.0895. The lowest BCUT2D eigenvalue weighted by molar-refractivity contribution is -0.107. The highest BCUT2D eigenvalue weighted by molar-refractivity contribution is 7.12. The van der Waals surface area contributed by atoms with Gasteiger partial charge in [-0.15, -0.1) is 11.3 Å². The van der Waals surface area contributed by atoms with E-state index in [1.807, 2.05) is 18.2 Å². The van der Waals surface area contributed by atoms with Crippen LogP contribution in [0.4, 0.5) is 0 Å². The van der Waals surface area contributed by atoms with Gasteiger partial charge in [0.2, 0.25) is 0 Å². The van der Waals surface area contributed by atoms with Gasteiger partial charge in [0.15, 0.2) is 0 Å². The molecule has 0 bridgehead atoms. The molecule has 2 nitrogen and oxygen atoms in total. The molecule has 1 aromatic heterocycles. The first kappa shape index (κ1) is 9.16. The minimum Gasteiger partial charge on any atom is -0.391 e. The van der Waals surface area contributed by atoms with Crippen LogP contribution in [0.1, 0.15) is 16.2 Å². The van der Waals surface area contributed by atoms with Crippen molar-refractivity contribution in [3.05, 3.63) is 28.0 Å². The van der Waals surface area contributed by atoms with E-state index in [0.717, 1.165) is 16.0 Å². The minimum atomic E-state index is 0.0895. The molecule has 3 heteroatoms. The summed E-state index contributed by atoms with van der Waals surface area (Å²) in [6.07, 6.45) is 5.00. The molecule has 0 unspecified atom stereocenters. The van der Waals surface area contributed by atoms with E-state index in [1.54, 1.807) is 6.08 Å². The van der Waals surface area contributed by atoms with Crippen molar-refractivity contribution in [1.82, 2.24) is 0 Å². The third-order valence-corrected chi connectivity index (χ3v) is 2.39.